The number of carbonyl (C=O) groups is 1. The van der Waals surface area contributed by atoms with Gasteiger partial charge in [-0.15, -0.1) is 0 Å². The van der Waals surface area contributed by atoms with E-state index in [9.17, 15) is 14.9 Å². The predicted octanol–water partition coefficient (Wildman–Crippen LogP) is 4.06. The highest BCUT2D eigenvalue weighted by atomic mass is 79.9. The van der Waals surface area contributed by atoms with Crippen molar-refractivity contribution in [3.05, 3.63) is 32.8 Å². The third-order valence-corrected chi connectivity index (χ3v) is 3.12. The molecule has 0 aliphatic heterocycles. The van der Waals surface area contributed by atoms with Gasteiger partial charge in [0.15, 0.2) is 0 Å². The number of carbonyl (C=O) groups excluding carboxylic acids is 1. The maximum absolute atomic E-state index is 11.7. The van der Waals surface area contributed by atoms with Crippen molar-refractivity contribution in [2.24, 2.45) is 10.4 Å². The van der Waals surface area contributed by atoms with E-state index in [-0.39, 0.29) is 17.9 Å². The summed E-state index contributed by atoms with van der Waals surface area (Å²) < 4.78 is 0.529. The van der Waals surface area contributed by atoms with Crippen molar-refractivity contribution < 1.29 is 9.72 Å². The van der Waals surface area contributed by atoms with Crippen LogP contribution in [0.4, 0.5) is 11.4 Å². The molecule has 0 heterocycles. The Labute approximate surface area is 120 Å². The monoisotopic (exact) mass is 326 g/mol. The van der Waals surface area contributed by atoms with Gasteiger partial charge in [-0.05, 0) is 22.0 Å². The molecule has 1 aromatic rings. The zero-order chi connectivity index (χ0) is 14.6. The Morgan fingerprint density at radius 3 is 2.58 bits per heavy atom. The maximum Gasteiger partial charge on any atom is 0.270 e. The molecule has 0 aliphatic carbocycles. The standard InChI is InChI=1S/C13H15BrN2O3/c1-13(2,3)12(17)6-7-15-11-5-4-9(16(18)19)8-10(11)14/h4-5,7-8H,6H2,1-3H3. The fraction of sp³-hybridized carbons (Fsp3) is 0.385. The smallest absolute Gasteiger partial charge is 0.270 e. The van der Waals surface area contributed by atoms with E-state index < -0.39 is 10.3 Å². The van der Waals surface area contributed by atoms with E-state index >= 15 is 0 Å². The number of hydrogen-bond donors (Lipinski definition) is 0. The van der Waals surface area contributed by atoms with Crippen LogP contribution in [-0.2, 0) is 4.79 Å². The van der Waals surface area contributed by atoms with Crippen LogP contribution in [0.5, 0.6) is 0 Å². The lowest BCUT2D eigenvalue weighted by molar-refractivity contribution is -0.384. The van der Waals surface area contributed by atoms with Crippen LogP contribution in [0.3, 0.4) is 0 Å². The van der Waals surface area contributed by atoms with Crippen LogP contribution in [0.15, 0.2) is 27.7 Å². The van der Waals surface area contributed by atoms with Crippen LogP contribution in [0.25, 0.3) is 0 Å². The predicted molar refractivity (Wildman–Crippen MR) is 78.0 cm³/mol. The van der Waals surface area contributed by atoms with E-state index in [1.54, 1.807) is 6.07 Å². The Morgan fingerprint density at radius 1 is 1.47 bits per heavy atom. The first-order valence-electron chi connectivity index (χ1n) is 5.71. The first kappa shape index (κ1) is 15.5. The first-order valence-corrected chi connectivity index (χ1v) is 6.51. The number of ketones is 1. The molecule has 0 spiro atoms. The molecular formula is C13H15BrN2O3. The molecule has 0 aromatic heterocycles. The number of nitro benzene ring substituents is 1. The summed E-state index contributed by atoms with van der Waals surface area (Å²) in [4.78, 5) is 25.9. The van der Waals surface area contributed by atoms with E-state index in [0.717, 1.165) is 0 Å². The second-order valence-electron chi connectivity index (χ2n) is 5.08. The summed E-state index contributed by atoms with van der Waals surface area (Å²) in [7, 11) is 0. The number of aliphatic imine (C=N–C) groups is 1. The van der Waals surface area contributed by atoms with Crippen molar-refractivity contribution in [3.8, 4) is 0 Å². The Bertz CT molecular complexity index is 533. The molecule has 0 saturated carbocycles. The fourth-order valence-corrected chi connectivity index (χ4v) is 1.72. The van der Waals surface area contributed by atoms with Gasteiger partial charge < -0.3 is 0 Å². The average Bonchev–Trinajstić information content (AvgIpc) is 2.29. The van der Waals surface area contributed by atoms with Crippen molar-refractivity contribution in [1.29, 1.82) is 0 Å². The van der Waals surface area contributed by atoms with Gasteiger partial charge in [0.25, 0.3) is 5.69 Å². The van der Waals surface area contributed by atoms with Gasteiger partial charge in [0.2, 0.25) is 0 Å². The molecule has 19 heavy (non-hydrogen) atoms. The van der Waals surface area contributed by atoms with Gasteiger partial charge in [0, 0.05) is 34.7 Å². The van der Waals surface area contributed by atoms with Crippen molar-refractivity contribution in [3.63, 3.8) is 0 Å². The van der Waals surface area contributed by atoms with Gasteiger partial charge in [-0.1, -0.05) is 20.8 Å². The number of Topliss-reactive ketones (excluding diaryl/α,β-unsaturated/α-hetero) is 1. The topological polar surface area (TPSA) is 72.6 Å². The molecule has 0 radical (unpaired) electrons. The lowest BCUT2D eigenvalue weighted by atomic mass is 9.89. The minimum Gasteiger partial charge on any atom is -0.299 e. The zero-order valence-corrected chi connectivity index (χ0v) is 12.6. The molecular weight excluding hydrogens is 312 g/mol. The third-order valence-electron chi connectivity index (χ3n) is 2.49. The largest absolute Gasteiger partial charge is 0.299 e. The van der Waals surface area contributed by atoms with Crippen LogP contribution < -0.4 is 0 Å². The van der Waals surface area contributed by atoms with Gasteiger partial charge in [-0.3, -0.25) is 19.9 Å². The van der Waals surface area contributed by atoms with Crippen molar-refractivity contribution in [1.82, 2.24) is 0 Å². The van der Waals surface area contributed by atoms with Gasteiger partial charge in [-0.25, -0.2) is 0 Å². The summed E-state index contributed by atoms with van der Waals surface area (Å²) in [6.07, 6.45) is 1.77. The lowest BCUT2D eigenvalue weighted by Crippen LogP contribution is -2.19. The number of benzene rings is 1. The molecule has 1 rings (SSSR count). The quantitative estimate of drug-likeness (QED) is 0.475. The number of nitro groups is 1. The second kappa shape index (κ2) is 6.06. The van der Waals surface area contributed by atoms with Gasteiger partial charge in [0.05, 0.1) is 10.6 Å². The normalized spacial score (nSPS) is 11.8. The Morgan fingerprint density at radius 2 is 2.11 bits per heavy atom. The molecule has 0 N–H and O–H groups in total. The van der Waals surface area contributed by atoms with Crippen molar-refractivity contribution in [2.75, 3.05) is 0 Å². The highest BCUT2D eigenvalue weighted by Gasteiger charge is 2.19. The molecule has 0 fully saturated rings. The van der Waals surface area contributed by atoms with Crippen LogP contribution in [0.2, 0.25) is 0 Å². The minimum atomic E-state index is -0.471. The summed E-state index contributed by atoms with van der Waals surface area (Å²) >= 11 is 3.22. The first-order chi connectivity index (χ1) is 8.71. The number of hydrogen-bond acceptors (Lipinski definition) is 4. The number of rotatable bonds is 4. The van der Waals surface area contributed by atoms with Crippen LogP contribution in [-0.4, -0.2) is 16.9 Å². The summed E-state index contributed by atoms with van der Waals surface area (Å²) in [5.41, 5.74) is 0.169. The summed E-state index contributed by atoms with van der Waals surface area (Å²) in [6, 6.07) is 4.31. The Hall–Kier alpha value is -1.56. The third kappa shape index (κ3) is 4.55. The van der Waals surface area contributed by atoms with Crippen LogP contribution >= 0.6 is 15.9 Å². The SMILES string of the molecule is CC(C)(C)C(=O)CC=Nc1ccc([N+](=O)[O-])cc1Br. The molecule has 5 nitrogen and oxygen atoms in total. The van der Waals surface area contributed by atoms with E-state index in [1.807, 2.05) is 20.8 Å². The number of nitrogens with zero attached hydrogens (tertiary/aromatic N) is 2. The molecule has 6 heteroatoms. The van der Waals surface area contributed by atoms with Gasteiger partial charge >= 0.3 is 0 Å². The lowest BCUT2D eigenvalue weighted by Gasteiger charge is -2.14. The molecule has 0 bridgehead atoms. The van der Waals surface area contributed by atoms with E-state index in [4.69, 9.17) is 0 Å². The molecule has 0 unspecified atom stereocenters. The Balaban J connectivity index is 2.78. The molecule has 0 amide bonds. The zero-order valence-electron chi connectivity index (χ0n) is 11.0. The molecule has 0 saturated heterocycles. The highest BCUT2D eigenvalue weighted by molar-refractivity contribution is 9.10. The van der Waals surface area contributed by atoms with Crippen molar-refractivity contribution >= 4 is 39.3 Å². The molecule has 102 valence electrons. The van der Waals surface area contributed by atoms with Crippen molar-refractivity contribution in [2.45, 2.75) is 27.2 Å². The average molecular weight is 327 g/mol. The number of non-ortho nitro benzene ring substituents is 1. The van der Waals surface area contributed by atoms with E-state index in [2.05, 4.69) is 20.9 Å². The molecule has 1 aromatic carbocycles. The molecule has 0 atom stereocenters. The second-order valence-corrected chi connectivity index (χ2v) is 5.94. The van der Waals surface area contributed by atoms with E-state index in [1.165, 1.54) is 18.3 Å². The van der Waals surface area contributed by atoms with Gasteiger partial charge in [0.1, 0.15) is 5.78 Å². The summed E-state index contributed by atoms with van der Waals surface area (Å²) in [6.45, 7) is 5.56. The van der Waals surface area contributed by atoms with Gasteiger partial charge in [-0.2, -0.15) is 0 Å². The van der Waals surface area contributed by atoms with E-state index in [0.29, 0.717) is 10.2 Å². The maximum atomic E-state index is 11.7. The Kier molecular flexibility index (Phi) is 4.94. The van der Waals surface area contributed by atoms with Crippen LogP contribution in [0.1, 0.15) is 27.2 Å². The van der Waals surface area contributed by atoms with Crippen LogP contribution in [0, 0.1) is 15.5 Å². The highest BCUT2D eigenvalue weighted by Crippen LogP contribution is 2.29. The minimum absolute atomic E-state index is 0.00315. The molecule has 0 aliphatic rings. The fourth-order valence-electron chi connectivity index (χ4n) is 1.25. The summed E-state index contributed by atoms with van der Waals surface area (Å²) in [5.74, 6) is 0.0919. The summed E-state index contributed by atoms with van der Waals surface area (Å²) in [5, 5.41) is 10.6. The number of halogens is 1.